The number of rotatable bonds is 7. The van der Waals surface area contributed by atoms with Gasteiger partial charge < -0.3 is 4.90 Å². The number of sulfone groups is 1. The molecule has 1 heterocycles. The predicted octanol–water partition coefficient (Wildman–Crippen LogP) is 4.20. The highest BCUT2D eigenvalue weighted by Crippen LogP contribution is 2.35. The van der Waals surface area contributed by atoms with Crippen LogP contribution in [-0.2, 0) is 9.84 Å². The van der Waals surface area contributed by atoms with Gasteiger partial charge in [0.05, 0.1) is 4.90 Å². The van der Waals surface area contributed by atoms with Crippen LogP contribution >= 0.6 is 11.6 Å². The van der Waals surface area contributed by atoms with E-state index >= 15 is 0 Å². The van der Waals surface area contributed by atoms with E-state index < -0.39 is 20.5 Å². The van der Waals surface area contributed by atoms with Crippen molar-refractivity contribution in [3.8, 4) is 6.07 Å². The van der Waals surface area contributed by atoms with Gasteiger partial charge >= 0.3 is 0 Å². The van der Waals surface area contributed by atoms with Gasteiger partial charge in [-0.25, -0.2) is 8.42 Å². The molecule has 7 heteroatoms. The van der Waals surface area contributed by atoms with Crippen molar-refractivity contribution in [3.63, 3.8) is 0 Å². The van der Waals surface area contributed by atoms with Crippen molar-refractivity contribution in [1.29, 1.82) is 10.7 Å². The van der Waals surface area contributed by atoms with Gasteiger partial charge in [0.2, 0.25) is 0 Å². The maximum Gasteiger partial charge on any atom is 0.196 e. The van der Waals surface area contributed by atoms with E-state index in [4.69, 9.17) is 22.3 Å². The average Bonchev–Trinajstić information content (AvgIpc) is 2.67. The molecule has 2 unspecified atom stereocenters. The van der Waals surface area contributed by atoms with Crippen molar-refractivity contribution in [3.05, 3.63) is 60.1 Å². The molecule has 2 rings (SSSR count). The van der Waals surface area contributed by atoms with E-state index in [1.807, 2.05) is 13.0 Å². The van der Waals surface area contributed by atoms with Gasteiger partial charge in [-0.05, 0) is 30.5 Å². The second-order valence-electron chi connectivity index (χ2n) is 5.88. The van der Waals surface area contributed by atoms with Crippen molar-refractivity contribution in [2.75, 3.05) is 0 Å². The smallest absolute Gasteiger partial charge is 0.196 e. The highest BCUT2D eigenvalue weighted by Gasteiger charge is 2.35. The van der Waals surface area contributed by atoms with E-state index in [2.05, 4.69) is 5.87 Å². The van der Waals surface area contributed by atoms with Crippen molar-refractivity contribution >= 4 is 27.3 Å². The first-order chi connectivity index (χ1) is 12.5. The molecule has 0 spiro atoms. The van der Waals surface area contributed by atoms with Crippen LogP contribution in [0.3, 0.4) is 0 Å². The van der Waals surface area contributed by atoms with Crippen LogP contribution in [0.4, 0.5) is 0 Å². The third-order valence-corrected chi connectivity index (χ3v) is 6.93. The van der Waals surface area contributed by atoms with Crippen LogP contribution in [0, 0.1) is 22.7 Å². The molecule has 0 bridgehead atoms. The fourth-order valence-electron chi connectivity index (χ4n) is 2.71. The van der Waals surface area contributed by atoms with E-state index in [1.54, 1.807) is 36.7 Å². The van der Waals surface area contributed by atoms with E-state index in [0.717, 1.165) is 18.4 Å². The molecule has 136 valence electrons. The fraction of sp³-hybridized carbons (Fsp3) is 0.316. The minimum absolute atomic E-state index is 0.0331. The van der Waals surface area contributed by atoms with Gasteiger partial charge in [0.1, 0.15) is 10.8 Å². The van der Waals surface area contributed by atoms with Gasteiger partial charge in [-0.2, -0.15) is 5.26 Å². The molecule has 26 heavy (non-hydrogen) atoms. The number of halogens is 1. The summed E-state index contributed by atoms with van der Waals surface area (Å²) in [6.45, 7) is 2.04. The number of benzene rings is 1. The number of unbranched alkanes of at least 4 members (excludes halogenated alkanes) is 1. The van der Waals surface area contributed by atoms with Crippen LogP contribution < -0.4 is 0 Å². The maximum absolute atomic E-state index is 12.9. The molecular formula is C19H20ClN3O2S. The van der Waals surface area contributed by atoms with Crippen LogP contribution in [-0.4, -0.2) is 23.9 Å². The van der Waals surface area contributed by atoms with Crippen LogP contribution in [0.2, 0.25) is 0 Å². The minimum atomic E-state index is -3.72. The Labute approximate surface area is 159 Å². The molecular weight excluding hydrogens is 370 g/mol. The Morgan fingerprint density at radius 2 is 2.08 bits per heavy atom. The molecule has 0 aliphatic carbocycles. The number of nitrogens with one attached hydrogen (secondary N) is 1. The number of nitrogens with zero attached hydrogens (tertiary/aromatic N) is 2. The van der Waals surface area contributed by atoms with Gasteiger partial charge in [0, 0.05) is 24.2 Å². The summed E-state index contributed by atoms with van der Waals surface area (Å²) < 4.78 is 24.6. The van der Waals surface area contributed by atoms with Crippen LogP contribution in [0.5, 0.6) is 0 Å². The van der Waals surface area contributed by atoms with E-state index in [-0.39, 0.29) is 10.6 Å². The van der Waals surface area contributed by atoms with E-state index in [0.29, 0.717) is 6.42 Å². The topological polar surface area (TPSA) is 85.0 Å². The Bertz CT molecular complexity index is 894. The normalized spacial score (nSPS) is 17.8. The largest absolute Gasteiger partial charge is 0.308 e. The predicted molar refractivity (Wildman–Crippen MR) is 102 cm³/mol. The fourth-order valence-corrected chi connectivity index (χ4v) is 4.71. The molecule has 1 aromatic rings. The summed E-state index contributed by atoms with van der Waals surface area (Å²) in [6.07, 6.45) is 7.41. The summed E-state index contributed by atoms with van der Waals surface area (Å²) in [4.78, 5) is 1.66. The molecule has 2 atom stereocenters. The Morgan fingerprint density at radius 1 is 1.38 bits per heavy atom. The standard InChI is InChI=1S/C19H20ClN3O2S/c1-2-3-7-15-14-23(16(12-21)13-22)11-10-18(15)19(20)26(24,25)17-8-5-4-6-9-17/h4-6,8-11,14,18-19,21H,2-3,7H2,1H3. The van der Waals surface area contributed by atoms with Gasteiger partial charge in [-0.1, -0.05) is 37.6 Å². The molecule has 1 aliphatic heterocycles. The molecule has 0 saturated carbocycles. The lowest BCUT2D eigenvalue weighted by Crippen LogP contribution is -2.29. The Hall–Kier alpha value is -2.32. The molecule has 0 radical (unpaired) electrons. The monoisotopic (exact) mass is 389 g/mol. The highest BCUT2D eigenvalue weighted by atomic mass is 35.5. The second-order valence-corrected chi connectivity index (χ2v) is 8.68. The molecule has 1 N–H and O–H groups in total. The lowest BCUT2D eigenvalue weighted by molar-refractivity contribution is 0.556. The summed E-state index contributed by atoms with van der Waals surface area (Å²) in [7, 11) is -3.72. The van der Waals surface area contributed by atoms with Crippen molar-refractivity contribution in [1.82, 2.24) is 4.90 Å². The van der Waals surface area contributed by atoms with Crippen LogP contribution in [0.25, 0.3) is 0 Å². The minimum Gasteiger partial charge on any atom is -0.308 e. The molecule has 0 amide bonds. The van der Waals surface area contributed by atoms with Crippen LogP contribution in [0.1, 0.15) is 26.2 Å². The number of allylic oxidation sites excluding steroid dienone is 3. The summed E-state index contributed by atoms with van der Waals surface area (Å²) in [5, 5.41) is 16.3. The first-order valence-electron chi connectivity index (χ1n) is 8.25. The summed E-state index contributed by atoms with van der Waals surface area (Å²) in [5.41, 5.74) is 0.850. The zero-order chi connectivity index (χ0) is 19.2. The molecule has 0 fully saturated rings. The zero-order valence-electron chi connectivity index (χ0n) is 14.4. The molecule has 1 aliphatic rings. The highest BCUT2D eigenvalue weighted by molar-refractivity contribution is 7.93. The van der Waals surface area contributed by atoms with Gasteiger partial charge in [0.25, 0.3) is 0 Å². The number of hydrogen-bond donors (Lipinski definition) is 1. The zero-order valence-corrected chi connectivity index (χ0v) is 16.0. The molecule has 0 aromatic heterocycles. The summed E-state index contributed by atoms with van der Waals surface area (Å²) in [5.74, 6) is 1.58. The Kier molecular flexibility index (Phi) is 6.82. The third-order valence-electron chi connectivity index (χ3n) is 4.14. The van der Waals surface area contributed by atoms with Gasteiger partial charge in [-0.3, -0.25) is 5.41 Å². The Morgan fingerprint density at radius 3 is 2.65 bits per heavy atom. The summed E-state index contributed by atoms with van der Waals surface area (Å²) in [6, 6.07) is 10.0. The molecule has 5 nitrogen and oxygen atoms in total. The number of hydrogen-bond acceptors (Lipinski definition) is 5. The Balaban J connectivity index is 2.38. The first-order valence-corrected chi connectivity index (χ1v) is 10.2. The van der Waals surface area contributed by atoms with Crippen molar-refractivity contribution < 1.29 is 8.42 Å². The van der Waals surface area contributed by atoms with E-state index in [1.165, 1.54) is 17.0 Å². The maximum atomic E-state index is 12.9. The second kappa shape index (κ2) is 8.86. The third kappa shape index (κ3) is 4.25. The van der Waals surface area contributed by atoms with Gasteiger partial charge in [0.15, 0.2) is 15.5 Å². The SMILES string of the molecule is CCCCC1=CN(C(=C=N)C#N)C=CC1C(Cl)S(=O)(=O)c1ccccc1. The average molecular weight is 390 g/mol. The van der Waals surface area contributed by atoms with Crippen molar-refractivity contribution in [2.24, 2.45) is 5.92 Å². The quantitative estimate of drug-likeness (QED) is 0.430. The number of alkyl halides is 1. The van der Waals surface area contributed by atoms with Crippen LogP contribution in [0.15, 0.2) is 65.0 Å². The van der Waals surface area contributed by atoms with Gasteiger partial charge in [-0.15, -0.1) is 11.6 Å². The molecule has 0 saturated heterocycles. The summed E-state index contributed by atoms with van der Waals surface area (Å²) >= 11 is 6.43. The first kappa shape index (κ1) is 20.0. The van der Waals surface area contributed by atoms with E-state index in [9.17, 15) is 8.42 Å². The van der Waals surface area contributed by atoms with Crippen molar-refractivity contribution in [2.45, 2.75) is 35.8 Å². The molecule has 1 aromatic carbocycles. The lowest BCUT2D eigenvalue weighted by atomic mass is 9.94. The lowest BCUT2D eigenvalue weighted by Gasteiger charge is -2.28. The number of nitriles is 1.